The van der Waals surface area contributed by atoms with Crippen molar-refractivity contribution in [3.63, 3.8) is 0 Å². The van der Waals surface area contributed by atoms with Gasteiger partial charge >= 0.3 is 19.8 Å². The van der Waals surface area contributed by atoms with E-state index < -0.39 is 75.7 Å². The van der Waals surface area contributed by atoms with Crippen LogP contribution in [0.5, 0.6) is 0 Å². The number of carbonyl (C=O) groups is 2. The van der Waals surface area contributed by atoms with Crippen LogP contribution in [0.1, 0.15) is 168 Å². The number of ether oxygens (including phenoxy) is 3. The van der Waals surface area contributed by atoms with Crippen LogP contribution in [-0.2, 0) is 37.4 Å². The molecule has 2 fully saturated rings. The van der Waals surface area contributed by atoms with Crippen molar-refractivity contribution in [3.8, 4) is 0 Å². The number of phosphoric acid groups is 1. The second-order valence-corrected chi connectivity index (χ2v) is 18.0. The molecule has 10 atom stereocenters. The molecule has 2 rings (SSSR count). The van der Waals surface area contributed by atoms with Gasteiger partial charge in [-0.15, -0.1) is 0 Å². The Morgan fingerprint density at radius 3 is 1.66 bits per heavy atom. The number of aliphatic hydroxyl groups is 5. The van der Waals surface area contributed by atoms with E-state index >= 15 is 0 Å². The molecule has 62 heavy (non-hydrogen) atoms. The summed E-state index contributed by atoms with van der Waals surface area (Å²) in [7, 11) is -5.13. The Labute approximate surface area is 371 Å². The van der Waals surface area contributed by atoms with E-state index in [1.807, 2.05) is 0 Å². The van der Waals surface area contributed by atoms with E-state index in [2.05, 4.69) is 62.5 Å². The molecular weight excluding hydrogens is 819 g/mol. The minimum Gasteiger partial charge on any atom is -0.462 e. The maximum Gasteiger partial charge on any atom is 0.472 e. The van der Waals surface area contributed by atoms with E-state index in [0.29, 0.717) is 25.0 Å². The van der Waals surface area contributed by atoms with Gasteiger partial charge in [0.2, 0.25) is 0 Å². The predicted molar refractivity (Wildman–Crippen MR) is 239 cm³/mol. The predicted octanol–water partition coefficient (Wildman–Crippen LogP) is 8.16. The summed E-state index contributed by atoms with van der Waals surface area (Å²) in [5, 5.41) is 50.2. The molecule has 0 aromatic rings. The number of allylic oxidation sites excluding steroid dienone is 7. The summed E-state index contributed by atoms with van der Waals surface area (Å²) in [5.41, 5.74) is 0. The molecule has 0 spiro atoms. The van der Waals surface area contributed by atoms with Gasteiger partial charge in [0.05, 0.1) is 18.8 Å². The van der Waals surface area contributed by atoms with Gasteiger partial charge in [0.25, 0.3) is 0 Å². The second-order valence-electron chi connectivity index (χ2n) is 16.6. The number of aliphatic hydroxyl groups excluding tert-OH is 5. The lowest BCUT2D eigenvalue weighted by atomic mass is 9.85. The van der Waals surface area contributed by atoms with Gasteiger partial charge in [-0.2, -0.15) is 0 Å². The lowest BCUT2D eigenvalue weighted by Gasteiger charge is -2.41. The lowest BCUT2D eigenvalue weighted by molar-refractivity contribution is -0.220. The average molecular weight is 901 g/mol. The lowest BCUT2D eigenvalue weighted by Crippen LogP contribution is -2.64. The molecule has 1 saturated carbocycles. The maximum atomic E-state index is 12.8. The third-order valence-corrected chi connectivity index (χ3v) is 12.1. The van der Waals surface area contributed by atoms with E-state index in [-0.39, 0.29) is 12.8 Å². The van der Waals surface area contributed by atoms with E-state index in [0.717, 1.165) is 89.9 Å². The summed E-state index contributed by atoms with van der Waals surface area (Å²) in [6, 6.07) is 0. The van der Waals surface area contributed by atoms with Gasteiger partial charge in [-0.1, -0.05) is 127 Å². The first kappa shape index (κ1) is 55.9. The first-order valence-electron chi connectivity index (χ1n) is 23.6. The molecule has 1 aliphatic carbocycles. The fourth-order valence-electron chi connectivity index (χ4n) is 7.12. The molecule has 14 nitrogen and oxygen atoms in total. The van der Waals surface area contributed by atoms with Crippen molar-refractivity contribution >= 4 is 19.8 Å². The molecule has 0 aromatic carbocycles. The van der Waals surface area contributed by atoms with Crippen molar-refractivity contribution in [1.82, 2.24) is 0 Å². The number of rotatable bonds is 37. The highest BCUT2D eigenvalue weighted by Gasteiger charge is 2.51. The third-order valence-electron chi connectivity index (χ3n) is 11.1. The SMILES string of the molecule is CCCCC/C=C\C/C=C\C/C=C\CCCCCCC(=O)OC[C@H](COP(=O)(O)OC1[C@H](O)[C@H](O)C(O)[C@H](O)[C@H]1O)OC(=O)CCCCCCCC1OC1C/C=C\CCCCC. The Morgan fingerprint density at radius 1 is 0.581 bits per heavy atom. The van der Waals surface area contributed by atoms with Crippen molar-refractivity contribution in [3.05, 3.63) is 48.6 Å². The molecule has 15 heteroatoms. The molecular formula is C47H81O14P. The Balaban J connectivity index is 1.72. The monoisotopic (exact) mass is 901 g/mol. The van der Waals surface area contributed by atoms with Gasteiger partial charge in [-0.25, -0.2) is 4.57 Å². The van der Waals surface area contributed by atoms with Gasteiger partial charge in [-0.05, 0) is 77.0 Å². The highest BCUT2D eigenvalue weighted by molar-refractivity contribution is 7.47. The Morgan fingerprint density at radius 2 is 1.06 bits per heavy atom. The largest absolute Gasteiger partial charge is 0.472 e. The number of epoxide rings is 1. The summed E-state index contributed by atoms with van der Waals surface area (Å²) < 4.78 is 39.3. The molecule has 1 aliphatic heterocycles. The van der Waals surface area contributed by atoms with Crippen LogP contribution in [0.15, 0.2) is 48.6 Å². The number of phosphoric ester groups is 1. The summed E-state index contributed by atoms with van der Waals surface area (Å²) in [4.78, 5) is 35.8. The Hall–Kier alpha value is -2.23. The molecule has 0 aromatic heterocycles. The van der Waals surface area contributed by atoms with Gasteiger partial charge in [0, 0.05) is 12.8 Å². The van der Waals surface area contributed by atoms with Crippen LogP contribution in [0.25, 0.3) is 0 Å². The number of unbranched alkanes of at least 4 members (excludes halogenated alkanes) is 14. The number of hydrogen-bond donors (Lipinski definition) is 6. The Bertz CT molecular complexity index is 1340. The third kappa shape index (κ3) is 25.9. The minimum absolute atomic E-state index is 0.0669. The van der Waals surface area contributed by atoms with Crippen molar-refractivity contribution in [2.45, 2.75) is 223 Å². The molecule has 0 radical (unpaired) electrons. The topological polar surface area (TPSA) is 222 Å². The molecule has 0 bridgehead atoms. The van der Waals surface area contributed by atoms with Crippen LogP contribution in [0.2, 0.25) is 0 Å². The number of carbonyl (C=O) groups excluding carboxylic acids is 2. The van der Waals surface area contributed by atoms with E-state index in [9.17, 15) is 44.6 Å². The molecule has 2 aliphatic rings. The smallest absolute Gasteiger partial charge is 0.462 e. The fourth-order valence-corrected chi connectivity index (χ4v) is 8.10. The quantitative estimate of drug-likeness (QED) is 0.0114. The molecule has 0 amide bonds. The van der Waals surface area contributed by atoms with Gasteiger partial charge in [0.1, 0.15) is 43.2 Å². The summed E-state index contributed by atoms with van der Waals surface area (Å²) in [6.45, 7) is 3.20. The first-order chi connectivity index (χ1) is 29.9. The molecule has 5 unspecified atom stereocenters. The van der Waals surface area contributed by atoms with Gasteiger partial charge in [0.15, 0.2) is 6.10 Å². The zero-order valence-corrected chi connectivity index (χ0v) is 38.5. The highest BCUT2D eigenvalue weighted by Crippen LogP contribution is 2.47. The van der Waals surface area contributed by atoms with E-state index in [1.54, 1.807) is 0 Å². The standard InChI is InChI=1S/C47H81O14P/c1-3-5-7-9-11-12-13-14-15-16-17-18-19-20-21-25-29-33-40(48)57-35-37(36-58-62(55,56)61-47-45(53)43(51)42(50)44(52)46(47)54)59-41(49)34-30-26-22-24-28-32-39-38(60-39)31-27-23-10-8-6-4-2/h11-12,14-15,17-18,23,27,37-39,42-47,50-54H,3-10,13,16,19-22,24-26,28-36H2,1-2H3,(H,55,56)/b12-11-,15-14-,18-17-,27-23-/t37-,38?,39?,42?,43-,44+,45-,46-,47?/m1/s1. The maximum absolute atomic E-state index is 12.8. The zero-order valence-electron chi connectivity index (χ0n) is 37.6. The van der Waals surface area contributed by atoms with Gasteiger partial charge in [-0.3, -0.25) is 18.6 Å². The van der Waals surface area contributed by atoms with Crippen molar-refractivity contribution in [2.24, 2.45) is 0 Å². The van der Waals surface area contributed by atoms with Crippen LogP contribution >= 0.6 is 7.82 Å². The van der Waals surface area contributed by atoms with Crippen LogP contribution < -0.4 is 0 Å². The second kappa shape index (κ2) is 34.2. The summed E-state index contributed by atoms with van der Waals surface area (Å²) >= 11 is 0. The van der Waals surface area contributed by atoms with Crippen molar-refractivity contribution in [2.75, 3.05) is 13.2 Å². The average Bonchev–Trinajstić information content (AvgIpc) is 4.01. The van der Waals surface area contributed by atoms with Crippen LogP contribution in [-0.4, -0.2) is 111 Å². The van der Waals surface area contributed by atoms with Crippen LogP contribution in [0.3, 0.4) is 0 Å². The van der Waals surface area contributed by atoms with E-state index in [1.165, 1.54) is 38.5 Å². The number of esters is 2. The molecule has 1 heterocycles. The van der Waals surface area contributed by atoms with Crippen molar-refractivity contribution < 1.29 is 67.8 Å². The zero-order chi connectivity index (χ0) is 45.4. The van der Waals surface area contributed by atoms with E-state index in [4.69, 9.17) is 23.3 Å². The minimum atomic E-state index is -5.13. The fraction of sp³-hybridized carbons (Fsp3) is 0.787. The van der Waals surface area contributed by atoms with Crippen LogP contribution in [0, 0.1) is 0 Å². The molecule has 1 saturated heterocycles. The molecule has 6 N–H and O–H groups in total. The normalized spacial score (nSPS) is 25.5. The number of hydrogen-bond acceptors (Lipinski definition) is 13. The van der Waals surface area contributed by atoms with Crippen molar-refractivity contribution in [1.29, 1.82) is 0 Å². The van der Waals surface area contributed by atoms with Crippen LogP contribution in [0.4, 0.5) is 0 Å². The Kier molecular flexibility index (Phi) is 30.8. The summed E-state index contributed by atoms with van der Waals surface area (Å²) in [5.74, 6) is -1.15. The summed E-state index contributed by atoms with van der Waals surface area (Å²) in [6.07, 6.45) is 27.5. The van der Waals surface area contributed by atoms with Gasteiger partial charge < -0.3 is 44.6 Å². The highest BCUT2D eigenvalue weighted by atomic mass is 31.2. The molecule has 358 valence electrons. The first-order valence-corrected chi connectivity index (χ1v) is 25.1.